The van der Waals surface area contributed by atoms with Crippen molar-refractivity contribution in [1.82, 2.24) is 10.3 Å². The fourth-order valence-corrected chi connectivity index (χ4v) is 1.79. The second-order valence-corrected chi connectivity index (χ2v) is 4.40. The number of hydrogen-bond donors (Lipinski definition) is 2. The van der Waals surface area contributed by atoms with E-state index in [1.165, 1.54) is 6.20 Å². The molecule has 0 aliphatic carbocycles. The first-order valence-corrected chi connectivity index (χ1v) is 5.99. The van der Waals surface area contributed by atoms with Gasteiger partial charge in [-0.3, -0.25) is 14.6 Å². The first-order chi connectivity index (χ1) is 9.06. The summed E-state index contributed by atoms with van der Waals surface area (Å²) in [5, 5.41) is 12.3. The van der Waals surface area contributed by atoms with Gasteiger partial charge in [0.05, 0.1) is 17.5 Å². The molecule has 0 saturated heterocycles. The highest BCUT2D eigenvalue weighted by Gasteiger charge is 2.08. The van der Waals surface area contributed by atoms with Crippen molar-refractivity contribution in [3.63, 3.8) is 0 Å². The second kappa shape index (κ2) is 5.67. The summed E-state index contributed by atoms with van der Waals surface area (Å²) in [5.74, 6) is -1.31. The molecule has 19 heavy (non-hydrogen) atoms. The number of nitrogens with one attached hydrogen (secondary N) is 1. The van der Waals surface area contributed by atoms with Gasteiger partial charge in [-0.25, -0.2) is 0 Å². The van der Waals surface area contributed by atoms with Crippen LogP contribution in [0, 0.1) is 0 Å². The number of benzene rings is 1. The molecule has 2 aromatic rings. The maximum atomic E-state index is 11.8. The minimum absolute atomic E-state index is 0.0851. The van der Waals surface area contributed by atoms with Crippen LogP contribution in [0.25, 0.3) is 10.9 Å². The Morgan fingerprint density at radius 1 is 1.32 bits per heavy atom. The van der Waals surface area contributed by atoms with Crippen LogP contribution in [0.4, 0.5) is 0 Å². The van der Waals surface area contributed by atoms with Crippen LogP contribution in [0.2, 0.25) is 5.02 Å². The van der Waals surface area contributed by atoms with Crippen LogP contribution in [0.1, 0.15) is 16.8 Å². The number of hydrogen-bond acceptors (Lipinski definition) is 3. The molecule has 5 nitrogen and oxygen atoms in total. The Morgan fingerprint density at radius 3 is 2.84 bits per heavy atom. The zero-order valence-corrected chi connectivity index (χ0v) is 10.6. The number of pyridine rings is 1. The van der Waals surface area contributed by atoms with E-state index in [0.717, 1.165) is 10.9 Å². The zero-order chi connectivity index (χ0) is 13.8. The fraction of sp³-hybridized carbons (Fsp3) is 0.154. The zero-order valence-electron chi connectivity index (χ0n) is 9.89. The van der Waals surface area contributed by atoms with Gasteiger partial charge in [0.1, 0.15) is 0 Å². The van der Waals surface area contributed by atoms with E-state index in [4.69, 9.17) is 16.7 Å². The predicted octanol–water partition coefficient (Wildman–Crippen LogP) is 2.09. The van der Waals surface area contributed by atoms with Crippen LogP contribution in [0.15, 0.2) is 30.5 Å². The summed E-state index contributed by atoms with van der Waals surface area (Å²) in [6, 6.07) is 6.88. The average Bonchev–Trinajstić information content (AvgIpc) is 2.37. The maximum Gasteiger partial charge on any atom is 0.305 e. The van der Waals surface area contributed by atoms with Gasteiger partial charge in [0.15, 0.2) is 0 Å². The van der Waals surface area contributed by atoms with Crippen LogP contribution in [-0.4, -0.2) is 28.5 Å². The topological polar surface area (TPSA) is 79.3 Å². The van der Waals surface area contributed by atoms with E-state index in [1.54, 1.807) is 24.3 Å². The SMILES string of the molecule is O=C(O)CCNC(=O)c1cnc2ccc(Cl)cc2c1. The molecular formula is C13H11ClN2O3. The molecule has 0 unspecified atom stereocenters. The lowest BCUT2D eigenvalue weighted by Crippen LogP contribution is -2.26. The summed E-state index contributed by atoms with van der Waals surface area (Å²) in [6.07, 6.45) is 1.34. The highest BCUT2D eigenvalue weighted by molar-refractivity contribution is 6.31. The number of carboxylic acid groups (broad SMARTS) is 1. The number of amides is 1. The third kappa shape index (κ3) is 3.42. The Hall–Kier alpha value is -2.14. The Balaban J connectivity index is 2.16. The predicted molar refractivity (Wildman–Crippen MR) is 71.3 cm³/mol. The molecule has 0 spiro atoms. The Bertz CT molecular complexity index is 643. The van der Waals surface area contributed by atoms with Crippen LogP contribution in [-0.2, 0) is 4.79 Å². The number of nitrogens with zero attached hydrogens (tertiary/aromatic N) is 1. The van der Waals surface area contributed by atoms with E-state index < -0.39 is 5.97 Å². The van der Waals surface area contributed by atoms with Crippen LogP contribution < -0.4 is 5.32 Å². The third-order valence-corrected chi connectivity index (χ3v) is 2.77. The van der Waals surface area contributed by atoms with Crippen molar-refractivity contribution in [3.8, 4) is 0 Å². The molecule has 0 atom stereocenters. The third-order valence-electron chi connectivity index (χ3n) is 2.53. The monoisotopic (exact) mass is 278 g/mol. The molecule has 0 bridgehead atoms. The van der Waals surface area contributed by atoms with Gasteiger partial charge in [-0.05, 0) is 24.3 Å². The van der Waals surface area contributed by atoms with Crippen molar-refractivity contribution < 1.29 is 14.7 Å². The lowest BCUT2D eigenvalue weighted by atomic mass is 10.1. The normalized spacial score (nSPS) is 10.4. The second-order valence-electron chi connectivity index (χ2n) is 3.96. The Labute approximate surface area is 114 Å². The minimum Gasteiger partial charge on any atom is -0.481 e. The van der Waals surface area contributed by atoms with E-state index in [1.807, 2.05) is 0 Å². The number of aliphatic carboxylic acids is 1. The quantitative estimate of drug-likeness (QED) is 0.897. The van der Waals surface area contributed by atoms with Crippen molar-refractivity contribution in [2.24, 2.45) is 0 Å². The number of aromatic nitrogens is 1. The maximum absolute atomic E-state index is 11.8. The fourth-order valence-electron chi connectivity index (χ4n) is 1.61. The van der Waals surface area contributed by atoms with Crippen molar-refractivity contribution in [1.29, 1.82) is 0 Å². The lowest BCUT2D eigenvalue weighted by Gasteiger charge is -2.04. The highest BCUT2D eigenvalue weighted by atomic mass is 35.5. The van der Waals surface area contributed by atoms with Gasteiger partial charge in [0.2, 0.25) is 0 Å². The standard InChI is InChI=1S/C13H11ClN2O3/c14-10-1-2-11-8(6-10)5-9(7-16-11)13(19)15-4-3-12(17)18/h1-2,5-7H,3-4H2,(H,15,19)(H,17,18). The van der Waals surface area contributed by atoms with Gasteiger partial charge in [-0.2, -0.15) is 0 Å². The average molecular weight is 279 g/mol. The van der Waals surface area contributed by atoms with Gasteiger partial charge < -0.3 is 10.4 Å². The van der Waals surface area contributed by atoms with Crippen molar-refractivity contribution in [3.05, 3.63) is 41.0 Å². The number of fused-ring (bicyclic) bond motifs is 1. The Morgan fingerprint density at radius 2 is 2.11 bits per heavy atom. The largest absolute Gasteiger partial charge is 0.481 e. The molecule has 2 N–H and O–H groups in total. The minimum atomic E-state index is -0.955. The number of rotatable bonds is 4. The smallest absolute Gasteiger partial charge is 0.305 e. The van der Waals surface area contributed by atoms with Gasteiger partial charge in [-0.1, -0.05) is 11.6 Å². The molecule has 2 rings (SSSR count). The van der Waals surface area contributed by atoms with E-state index in [2.05, 4.69) is 10.3 Å². The molecule has 1 aromatic carbocycles. The first kappa shape index (κ1) is 13.3. The van der Waals surface area contributed by atoms with Crippen molar-refractivity contribution in [2.75, 3.05) is 6.54 Å². The summed E-state index contributed by atoms with van der Waals surface area (Å²) in [7, 11) is 0. The molecule has 0 aliphatic heterocycles. The first-order valence-electron chi connectivity index (χ1n) is 5.61. The van der Waals surface area contributed by atoms with E-state index in [-0.39, 0.29) is 18.9 Å². The summed E-state index contributed by atoms with van der Waals surface area (Å²) in [5.41, 5.74) is 1.12. The molecule has 1 heterocycles. The highest BCUT2D eigenvalue weighted by Crippen LogP contribution is 2.18. The number of carbonyl (C=O) groups is 2. The molecular weight excluding hydrogens is 268 g/mol. The van der Waals surface area contributed by atoms with Crippen molar-refractivity contribution in [2.45, 2.75) is 6.42 Å². The summed E-state index contributed by atoms with van der Waals surface area (Å²) in [6.45, 7) is 0.0851. The number of halogens is 1. The molecule has 1 aromatic heterocycles. The number of carbonyl (C=O) groups excluding carboxylic acids is 1. The van der Waals surface area contributed by atoms with Gasteiger partial charge >= 0.3 is 5.97 Å². The molecule has 0 fully saturated rings. The van der Waals surface area contributed by atoms with Gasteiger partial charge in [-0.15, -0.1) is 0 Å². The van der Waals surface area contributed by atoms with Crippen LogP contribution in [0.5, 0.6) is 0 Å². The lowest BCUT2D eigenvalue weighted by molar-refractivity contribution is -0.136. The molecule has 0 aliphatic rings. The molecule has 1 amide bonds. The molecule has 6 heteroatoms. The van der Waals surface area contributed by atoms with Gasteiger partial charge in [0.25, 0.3) is 5.91 Å². The van der Waals surface area contributed by atoms with E-state index in [9.17, 15) is 9.59 Å². The van der Waals surface area contributed by atoms with Crippen LogP contribution in [0.3, 0.4) is 0 Å². The van der Waals surface area contributed by atoms with Crippen LogP contribution >= 0.6 is 11.6 Å². The summed E-state index contributed by atoms with van der Waals surface area (Å²) < 4.78 is 0. The van der Waals surface area contributed by atoms with E-state index in [0.29, 0.717) is 10.6 Å². The van der Waals surface area contributed by atoms with E-state index >= 15 is 0 Å². The number of carboxylic acids is 1. The summed E-state index contributed by atoms with van der Waals surface area (Å²) in [4.78, 5) is 26.3. The Kier molecular flexibility index (Phi) is 3.97. The molecule has 0 saturated carbocycles. The summed E-state index contributed by atoms with van der Waals surface area (Å²) >= 11 is 5.88. The molecule has 0 radical (unpaired) electrons. The molecule has 98 valence electrons. The van der Waals surface area contributed by atoms with Gasteiger partial charge in [0, 0.05) is 23.2 Å². The van der Waals surface area contributed by atoms with Crippen molar-refractivity contribution >= 4 is 34.4 Å².